The molecule has 0 aromatic heterocycles. The van der Waals surface area contributed by atoms with Gasteiger partial charge >= 0.3 is 6.16 Å². The quantitative estimate of drug-likeness (QED) is 0.254. The Hall–Kier alpha value is -1.62. The highest BCUT2D eigenvalue weighted by Gasteiger charge is 2.36. The minimum Gasteiger partial charge on any atom is -0.450 e. The van der Waals surface area contributed by atoms with Crippen molar-refractivity contribution in [3.63, 3.8) is 0 Å². The smallest absolute Gasteiger partial charge is 0.450 e. The van der Waals surface area contributed by atoms with Crippen LogP contribution in [0.4, 0.5) is 9.18 Å². The van der Waals surface area contributed by atoms with E-state index in [-0.39, 0.29) is 17.9 Å². The number of halogens is 3. The lowest BCUT2D eigenvalue weighted by atomic mass is 9.89. The first-order valence-corrected chi connectivity index (χ1v) is 12.2. The number of carbonyl (C=O) groups is 2. The van der Waals surface area contributed by atoms with Crippen molar-refractivity contribution in [3.05, 3.63) is 29.8 Å². The van der Waals surface area contributed by atoms with Crippen molar-refractivity contribution < 1.29 is 37.0 Å². The summed E-state index contributed by atoms with van der Waals surface area (Å²) in [6.45, 7) is 2.94. The molecule has 0 fully saturated rings. The zero-order valence-corrected chi connectivity index (χ0v) is 19.6. The van der Waals surface area contributed by atoms with Gasteiger partial charge in [-0.1, -0.05) is 42.3 Å². The highest BCUT2D eigenvalue weighted by Crippen LogP contribution is 2.29. The number of hydrogen-bond donors (Lipinski definition) is 2. The van der Waals surface area contributed by atoms with Gasteiger partial charge in [0.15, 0.2) is 27.0 Å². The molecule has 12 heteroatoms. The third kappa shape index (κ3) is 9.18. The fourth-order valence-corrected chi connectivity index (χ4v) is 3.63. The van der Waals surface area contributed by atoms with Crippen LogP contribution in [0.1, 0.15) is 38.2 Å². The molecular weight excluding hydrogens is 476 g/mol. The second-order valence-corrected chi connectivity index (χ2v) is 9.99. The molecule has 1 amide bonds. The van der Waals surface area contributed by atoms with Crippen LogP contribution in [0.5, 0.6) is 0 Å². The van der Waals surface area contributed by atoms with Crippen LogP contribution in [-0.4, -0.2) is 61.8 Å². The molecule has 0 aliphatic heterocycles. The summed E-state index contributed by atoms with van der Waals surface area (Å²) in [4.78, 5) is 22.1. The third-order valence-electron chi connectivity index (χ3n) is 4.40. The van der Waals surface area contributed by atoms with E-state index in [0.717, 1.165) is 6.26 Å². The van der Waals surface area contributed by atoms with Crippen LogP contribution in [0.15, 0.2) is 29.2 Å². The van der Waals surface area contributed by atoms with E-state index in [4.69, 9.17) is 32.7 Å². The van der Waals surface area contributed by atoms with Gasteiger partial charge < -0.3 is 19.9 Å². The molecule has 0 spiro atoms. The summed E-state index contributed by atoms with van der Waals surface area (Å²) >= 11 is 11.2. The van der Waals surface area contributed by atoms with E-state index in [1.807, 2.05) is 0 Å². The lowest BCUT2D eigenvalue weighted by Crippen LogP contribution is -2.51. The van der Waals surface area contributed by atoms with Gasteiger partial charge in [-0.3, -0.25) is 4.79 Å². The summed E-state index contributed by atoms with van der Waals surface area (Å²) in [7, 11) is -3.43. The molecule has 4 atom stereocenters. The summed E-state index contributed by atoms with van der Waals surface area (Å²) in [5.41, 5.74) is 0.552. The van der Waals surface area contributed by atoms with Gasteiger partial charge in [-0.25, -0.2) is 17.6 Å². The van der Waals surface area contributed by atoms with E-state index in [2.05, 4.69) is 5.32 Å². The van der Waals surface area contributed by atoms with Crippen molar-refractivity contribution in [1.29, 1.82) is 0 Å². The van der Waals surface area contributed by atoms with Crippen LogP contribution in [0.2, 0.25) is 0 Å². The first kappa shape index (κ1) is 27.4. The number of benzene rings is 1. The average Bonchev–Trinajstić information content (AvgIpc) is 2.66. The van der Waals surface area contributed by atoms with E-state index in [0.29, 0.717) is 12.0 Å². The summed E-state index contributed by atoms with van der Waals surface area (Å²) in [6.07, 6.45) is -3.97. The SMILES string of the molecule is CCC(c1ccc(S(C)(=O)=O)cc1)[C@@H](OC(=O)O)[C@@H](NC(=O)C(Cl)Cl)OCCC(C)F. The first-order valence-electron chi connectivity index (χ1n) is 9.40. The molecular formula is C19H26Cl2FNO7S. The minimum atomic E-state index is -3.43. The van der Waals surface area contributed by atoms with Crippen molar-refractivity contribution in [1.82, 2.24) is 5.32 Å². The van der Waals surface area contributed by atoms with Crippen molar-refractivity contribution in [3.8, 4) is 0 Å². The molecule has 2 N–H and O–H groups in total. The number of hydrogen-bond acceptors (Lipinski definition) is 6. The molecule has 1 aromatic carbocycles. The van der Waals surface area contributed by atoms with Gasteiger partial charge in [-0.15, -0.1) is 0 Å². The van der Waals surface area contributed by atoms with E-state index >= 15 is 0 Å². The number of rotatable bonds is 12. The molecule has 0 bridgehead atoms. The number of carboxylic acid groups (broad SMARTS) is 1. The van der Waals surface area contributed by atoms with E-state index in [1.165, 1.54) is 31.2 Å². The first-order chi connectivity index (χ1) is 14.4. The van der Waals surface area contributed by atoms with Gasteiger partial charge in [0.2, 0.25) is 0 Å². The number of sulfone groups is 1. The van der Waals surface area contributed by atoms with Gasteiger partial charge in [0.1, 0.15) is 0 Å². The zero-order chi connectivity index (χ0) is 23.8. The van der Waals surface area contributed by atoms with Crippen LogP contribution in [-0.2, 0) is 24.1 Å². The second-order valence-electron chi connectivity index (χ2n) is 6.87. The Labute approximate surface area is 190 Å². The molecule has 0 saturated carbocycles. The van der Waals surface area contributed by atoms with Crippen molar-refractivity contribution in [2.45, 2.75) is 60.8 Å². The number of nitrogens with one attached hydrogen (secondary N) is 1. The third-order valence-corrected chi connectivity index (χ3v) is 5.93. The maximum absolute atomic E-state index is 13.2. The molecule has 0 aliphatic carbocycles. The Bertz CT molecular complexity index is 834. The fourth-order valence-electron chi connectivity index (χ4n) is 2.87. The van der Waals surface area contributed by atoms with Crippen LogP contribution >= 0.6 is 23.2 Å². The molecule has 0 heterocycles. The van der Waals surface area contributed by atoms with Gasteiger partial charge in [0.05, 0.1) is 17.7 Å². The Kier molecular flexibility index (Phi) is 11.0. The Morgan fingerprint density at radius 3 is 2.23 bits per heavy atom. The summed E-state index contributed by atoms with van der Waals surface area (Å²) in [5.74, 6) is -1.48. The van der Waals surface area contributed by atoms with Crippen LogP contribution in [0, 0.1) is 0 Å². The highest BCUT2D eigenvalue weighted by atomic mass is 35.5. The van der Waals surface area contributed by atoms with Gasteiger partial charge in [0, 0.05) is 18.6 Å². The monoisotopic (exact) mass is 501 g/mol. The van der Waals surface area contributed by atoms with Crippen molar-refractivity contribution in [2.24, 2.45) is 0 Å². The molecule has 0 saturated heterocycles. The van der Waals surface area contributed by atoms with E-state index in [1.54, 1.807) is 6.92 Å². The topological polar surface area (TPSA) is 119 Å². The Morgan fingerprint density at radius 1 is 1.23 bits per heavy atom. The van der Waals surface area contributed by atoms with E-state index < -0.39 is 51.2 Å². The van der Waals surface area contributed by atoms with Gasteiger partial charge in [0.25, 0.3) is 5.91 Å². The predicted octanol–water partition coefficient (Wildman–Crippen LogP) is 3.66. The molecule has 1 aromatic rings. The molecule has 8 nitrogen and oxygen atoms in total. The Balaban J connectivity index is 3.30. The maximum atomic E-state index is 13.2. The number of alkyl halides is 3. The summed E-state index contributed by atoms with van der Waals surface area (Å²) in [6, 6.07) is 5.82. The van der Waals surface area contributed by atoms with Crippen molar-refractivity contribution in [2.75, 3.05) is 12.9 Å². The Morgan fingerprint density at radius 2 is 1.81 bits per heavy atom. The fraction of sp³-hybridized carbons (Fsp3) is 0.579. The maximum Gasteiger partial charge on any atom is 0.506 e. The average molecular weight is 502 g/mol. The lowest BCUT2D eigenvalue weighted by molar-refractivity contribution is -0.131. The normalized spacial score (nSPS) is 15.7. The summed E-state index contributed by atoms with van der Waals surface area (Å²) in [5, 5.41) is 11.6. The summed E-state index contributed by atoms with van der Waals surface area (Å²) < 4.78 is 47.2. The molecule has 0 radical (unpaired) electrons. The van der Waals surface area contributed by atoms with Crippen LogP contribution < -0.4 is 5.32 Å². The van der Waals surface area contributed by atoms with Gasteiger partial charge in [-0.2, -0.15) is 0 Å². The number of ether oxygens (including phenoxy) is 2. The lowest BCUT2D eigenvalue weighted by Gasteiger charge is -2.33. The minimum absolute atomic E-state index is 0.00279. The number of carbonyl (C=O) groups excluding carboxylic acids is 1. The highest BCUT2D eigenvalue weighted by molar-refractivity contribution is 7.90. The van der Waals surface area contributed by atoms with E-state index in [9.17, 15) is 27.5 Å². The van der Waals surface area contributed by atoms with Crippen molar-refractivity contribution >= 4 is 45.1 Å². The molecule has 2 unspecified atom stereocenters. The van der Waals surface area contributed by atoms with Crippen LogP contribution in [0.3, 0.4) is 0 Å². The number of amides is 1. The van der Waals surface area contributed by atoms with Gasteiger partial charge in [-0.05, 0) is 31.0 Å². The molecule has 31 heavy (non-hydrogen) atoms. The standard InChI is InChI=1S/C19H26Cl2FNO7S/c1-4-14(12-5-7-13(8-6-12)31(3,27)28)15(30-19(25)26)18(23-17(24)16(20)21)29-10-9-11(2)22/h5-8,11,14-16,18H,4,9-10H2,1-3H3,(H,23,24)(H,25,26)/t11?,14?,15-,18+/m1/s1. The molecule has 176 valence electrons. The largest absolute Gasteiger partial charge is 0.506 e. The second kappa shape index (κ2) is 12.4. The molecule has 0 aliphatic rings. The van der Waals surface area contributed by atoms with Crippen LogP contribution in [0.25, 0.3) is 0 Å². The predicted molar refractivity (Wildman–Crippen MR) is 114 cm³/mol. The molecule has 1 rings (SSSR count). The zero-order valence-electron chi connectivity index (χ0n) is 17.3.